The molecule has 7 heavy (non-hydrogen) atoms. The average Bonchev–Trinajstić information content (AvgIpc) is 1.68. The second-order valence-electron chi connectivity index (χ2n) is 1.12. The Morgan fingerprint density at radius 1 is 1.57 bits per heavy atom. The molecule has 0 atom stereocenters. The highest BCUT2D eigenvalue weighted by molar-refractivity contribution is 4.95. The van der Waals surface area contributed by atoms with Crippen LogP contribution in [0.3, 0.4) is 0 Å². The summed E-state index contributed by atoms with van der Waals surface area (Å²) in [5.74, 6) is 0. The lowest BCUT2D eigenvalue weighted by molar-refractivity contribution is 0.318. The van der Waals surface area contributed by atoms with Crippen LogP contribution in [0.4, 0.5) is 0 Å². The molecule has 0 unspecified atom stereocenters. The molecule has 42 valence electrons. The van der Waals surface area contributed by atoms with Gasteiger partial charge in [0.15, 0.2) is 0 Å². The Morgan fingerprint density at radius 3 is 2.29 bits per heavy atom. The Bertz CT molecular complexity index is 70.1. The topological polar surface area (TPSA) is 66.5 Å². The van der Waals surface area contributed by atoms with Gasteiger partial charge in [0.05, 0.1) is 13.2 Å². The van der Waals surface area contributed by atoms with E-state index in [4.69, 9.17) is 15.9 Å². The first kappa shape index (κ1) is 6.46. The van der Waals surface area contributed by atoms with Gasteiger partial charge >= 0.3 is 0 Å². The van der Waals surface area contributed by atoms with Crippen LogP contribution in [0.25, 0.3) is 0 Å². The number of hydrogen-bond donors (Lipinski definition) is 3. The van der Waals surface area contributed by atoms with Gasteiger partial charge in [0.25, 0.3) is 0 Å². The molecule has 0 saturated heterocycles. The van der Waals surface area contributed by atoms with E-state index in [1.165, 1.54) is 6.08 Å². The highest BCUT2D eigenvalue weighted by atomic mass is 16.3. The first-order valence-corrected chi connectivity index (χ1v) is 1.97. The van der Waals surface area contributed by atoms with E-state index >= 15 is 0 Å². The van der Waals surface area contributed by atoms with E-state index in [9.17, 15) is 0 Å². The minimum Gasteiger partial charge on any atom is -0.400 e. The Labute approximate surface area is 42.1 Å². The van der Waals surface area contributed by atoms with Crippen molar-refractivity contribution in [3.8, 4) is 0 Å². The lowest BCUT2D eigenvalue weighted by Gasteiger charge is -1.88. The number of aliphatic hydroxyl groups excluding tert-OH is 2. The van der Waals surface area contributed by atoms with Gasteiger partial charge in [-0.25, -0.2) is 0 Å². The number of aliphatic hydroxyl groups is 2. The van der Waals surface area contributed by atoms with Gasteiger partial charge in [-0.15, -0.1) is 0 Å². The summed E-state index contributed by atoms with van der Waals surface area (Å²) in [5.41, 5.74) is 5.34. The summed E-state index contributed by atoms with van der Waals surface area (Å²) in [4.78, 5) is 0. The summed E-state index contributed by atoms with van der Waals surface area (Å²) in [6.45, 7) is -0.285. The summed E-state index contributed by atoms with van der Waals surface area (Å²) in [5, 5.41) is 16.3. The maximum Gasteiger partial charge on any atom is 0.0823 e. The van der Waals surface area contributed by atoms with Crippen LogP contribution in [-0.2, 0) is 0 Å². The molecule has 3 heteroatoms. The minimum absolute atomic E-state index is 0.105. The molecule has 0 radical (unpaired) electrons. The van der Waals surface area contributed by atoms with Gasteiger partial charge in [0.2, 0.25) is 0 Å². The summed E-state index contributed by atoms with van der Waals surface area (Å²) >= 11 is 0. The van der Waals surface area contributed by atoms with Gasteiger partial charge in [-0.3, -0.25) is 0 Å². The Balaban J connectivity index is 3.29. The largest absolute Gasteiger partial charge is 0.400 e. The quantitative estimate of drug-likeness (QED) is 0.412. The number of rotatable bonds is 2. The molecule has 0 aliphatic rings. The van der Waals surface area contributed by atoms with Crippen LogP contribution in [0.5, 0.6) is 0 Å². The maximum atomic E-state index is 8.16. The summed E-state index contributed by atoms with van der Waals surface area (Å²) in [6, 6.07) is 0. The maximum absolute atomic E-state index is 8.16. The van der Waals surface area contributed by atoms with Crippen LogP contribution in [-0.4, -0.2) is 23.4 Å². The van der Waals surface area contributed by atoms with Crippen LogP contribution in [0.15, 0.2) is 11.8 Å². The van der Waals surface area contributed by atoms with Gasteiger partial charge < -0.3 is 15.9 Å². The molecule has 0 aromatic heterocycles. The van der Waals surface area contributed by atoms with Gasteiger partial charge in [-0.05, 0) is 6.08 Å². The predicted molar refractivity (Wildman–Crippen MR) is 26.4 cm³/mol. The number of hydrogen-bond acceptors (Lipinski definition) is 3. The molecule has 0 aromatic rings. The zero-order chi connectivity index (χ0) is 5.70. The normalized spacial score (nSPS) is 12.0. The Hall–Kier alpha value is -0.540. The van der Waals surface area contributed by atoms with Gasteiger partial charge in [-0.1, -0.05) is 0 Å². The lowest BCUT2D eigenvalue weighted by Crippen LogP contribution is -2.02. The van der Waals surface area contributed by atoms with Crippen molar-refractivity contribution in [2.24, 2.45) is 5.73 Å². The molecule has 0 aliphatic heterocycles. The Morgan fingerprint density at radius 2 is 2.14 bits per heavy atom. The zero-order valence-electron chi connectivity index (χ0n) is 3.96. The van der Waals surface area contributed by atoms with E-state index in [0.717, 1.165) is 0 Å². The predicted octanol–water partition coefficient (Wildman–Crippen LogP) is -1.19. The summed E-state index contributed by atoms with van der Waals surface area (Å²) in [7, 11) is 0. The molecule has 0 amide bonds. The van der Waals surface area contributed by atoms with Crippen LogP contribution >= 0.6 is 0 Å². The smallest absolute Gasteiger partial charge is 0.0823 e. The Kier molecular flexibility index (Phi) is 3.36. The van der Waals surface area contributed by atoms with Crippen molar-refractivity contribution in [3.63, 3.8) is 0 Å². The molecule has 0 saturated carbocycles. The van der Waals surface area contributed by atoms with Crippen molar-refractivity contribution < 1.29 is 10.2 Å². The second-order valence-corrected chi connectivity index (χ2v) is 1.12. The number of nitrogens with two attached hydrogens (primary N) is 1. The van der Waals surface area contributed by atoms with E-state index < -0.39 is 0 Å². The third-order valence-electron chi connectivity index (χ3n) is 0.536. The molecule has 4 N–H and O–H groups in total. The van der Waals surface area contributed by atoms with Crippen molar-refractivity contribution in [1.29, 1.82) is 0 Å². The molecule has 3 nitrogen and oxygen atoms in total. The van der Waals surface area contributed by atoms with Gasteiger partial charge in [0.1, 0.15) is 0 Å². The second kappa shape index (κ2) is 3.64. The molecule has 0 spiro atoms. The fourth-order valence-corrected chi connectivity index (χ4v) is 0.182. The third-order valence-corrected chi connectivity index (χ3v) is 0.536. The highest BCUT2D eigenvalue weighted by Gasteiger charge is 1.79. The molecule has 0 fully saturated rings. The summed E-state index contributed by atoms with van der Waals surface area (Å²) < 4.78 is 0. The lowest BCUT2D eigenvalue weighted by atomic mass is 10.4. The fraction of sp³-hybridized carbons (Fsp3) is 0.500. The molecule has 0 aromatic carbocycles. The minimum atomic E-state index is -0.180. The van der Waals surface area contributed by atoms with Crippen LogP contribution in [0.1, 0.15) is 0 Å². The van der Waals surface area contributed by atoms with E-state index in [1.807, 2.05) is 0 Å². The zero-order valence-corrected chi connectivity index (χ0v) is 3.96. The van der Waals surface area contributed by atoms with Crippen molar-refractivity contribution in [3.05, 3.63) is 11.8 Å². The van der Waals surface area contributed by atoms with E-state index in [0.29, 0.717) is 5.70 Å². The molecular formula is C4H9NO2. The van der Waals surface area contributed by atoms with Crippen LogP contribution in [0, 0.1) is 0 Å². The van der Waals surface area contributed by atoms with Crippen molar-refractivity contribution in [1.82, 2.24) is 0 Å². The van der Waals surface area contributed by atoms with Crippen LogP contribution < -0.4 is 5.73 Å². The molecule has 0 aliphatic carbocycles. The van der Waals surface area contributed by atoms with Crippen molar-refractivity contribution >= 4 is 0 Å². The first-order valence-electron chi connectivity index (χ1n) is 1.97. The van der Waals surface area contributed by atoms with E-state index in [1.54, 1.807) is 0 Å². The van der Waals surface area contributed by atoms with Crippen molar-refractivity contribution in [2.75, 3.05) is 13.2 Å². The monoisotopic (exact) mass is 103 g/mol. The SMILES string of the molecule is NC(=CCO)CO. The molecule has 0 heterocycles. The van der Waals surface area contributed by atoms with Crippen molar-refractivity contribution in [2.45, 2.75) is 0 Å². The standard InChI is InChI=1S/C4H9NO2/c5-4(3-7)1-2-6/h1,6-7H,2-3,5H2. The van der Waals surface area contributed by atoms with Gasteiger partial charge in [0, 0.05) is 5.70 Å². The molecule has 0 rings (SSSR count). The molecular weight excluding hydrogens is 94.0 g/mol. The third kappa shape index (κ3) is 3.29. The first-order chi connectivity index (χ1) is 3.31. The van der Waals surface area contributed by atoms with Gasteiger partial charge in [-0.2, -0.15) is 0 Å². The van der Waals surface area contributed by atoms with E-state index in [-0.39, 0.29) is 13.2 Å². The fourth-order valence-electron chi connectivity index (χ4n) is 0.182. The average molecular weight is 103 g/mol. The van der Waals surface area contributed by atoms with Crippen LogP contribution in [0.2, 0.25) is 0 Å². The van der Waals surface area contributed by atoms with E-state index in [2.05, 4.69) is 0 Å². The summed E-state index contributed by atoms with van der Waals surface area (Å²) in [6.07, 6.45) is 1.35. The molecule has 0 bridgehead atoms. The highest BCUT2D eigenvalue weighted by Crippen LogP contribution is 1.75.